The first kappa shape index (κ1) is 8.49. The summed E-state index contributed by atoms with van der Waals surface area (Å²) in [6.45, 7) is 3.01. The molecule has 0 radical (unpaired) electrons. The van der Waals surface area contributed by atoms with E-state index in [-0.39, 0.29) is 12.5 Å². The highest BCUT2D eigenvalue weighted by Gasteiger charge is 2.24. The highest BCUT2D eigenvalue weighted by atomic mass is 16.7. The Labute approximate surface area is 66.3 Å². The molecule has 0 saturated carbocycles. The third-order valence-electron chi connectivity index (χ3n) is 1.90. The molecule has 1 saturated heterocycles. The van der Waals surface area contributed by atoms with E-state index in [2.05, 4.69) is 6.92 Å². The van der Waals surface area contributed by atoms with Crippen molar-refractivity contribution >= 4 is 5.91 Å². The van der Waals surface area contributed by atoms with Crippen molar-refractivity contribution in [2.45, 2.75) is 25.8 Å². The second-order valence-corrected chi connectivity index (χ2v) is 2.73. The largest absolute Gasteiger partial charge is 0.368 e. The van der Waals surface area contributed by atoms with Crippen molar-refractivity contribution in [2.75, 3.05) is 13.2 Å². The van der Waals surface area contributed by atoms with Gasteiger partial charge in [-0.05, 0) is 12.8 Å². The molecule has 0 aromatic carbocycles. The fourth-order valence-electron chi connectivity index (χ4n) is 1.29. The standard InChI is InChI=1S/C7H14N2O2/c1-2-6-3-4-11-9(6)5-7(8)10/h6H,2-5H2,1H3,(H2,8,10). The minimum atomic E-state index is -0.328. The molecule has 1 unspecified atom stereocenters. The zero-order valence-electron chi connectivity index (χ0n) is 6.75. The lowest BCUT2D eigenvalue weighted by Crippen LogP contribution is -2.35. The van der Waals surface area contributed by atoms with Crippen LogP contribution in [0.3, 0.4) is 0 Å². The summed E-state index contributed by atoms with van der Waals surface area (Å²) in [7, 11) is 0. The Morgan fingerprint density at radius 2 is 2.55 bits per heavy atom. The number of primary amides is 1. The van der Waals surface area contributed by atoms with Gasteiger partial charge in [0.2, 0.25) is 5.91 Å². The Morgan fingerprint density at radius 1 is 1.82 bits per heavy atom. The summed E-state index contributed by atoms with van der Waals surface area (Å²) < 4.78 is 0. The van der Waals surface area contributed by atoms with Crippen LogP contribution in [0.15, 0.2) is 0 Å². The maximum Gasteiger partial charge on any atom is 0.234 e. The van der Waals surface area contributed by atoms with E-state index < -0.39 is 0 Å². The maximum absolute atomic E-state index is 10.5. The molecule has 11 heavy (non-hydrogen) atoms. The maximum atomic E-state index is 10.5. The summed E-state index contributed by atoms with van der Waals surface area (Å²) >= 11 is 0. The van der Waals surface area contributed by atoms with Gasteiger partial charge in [0, 0.05) is 6.04 Å². The van der Waals surface area contributed by atoms with Crippen molar-refractivity contribution in [3.8, 4) is 0 Å². The van der Waals surface area contributed by atoms with Crippen molar-refractivity contribution in [1.82, 2.24) is 5.06 Å². The SMILES string of the molecule is CCC1CCON1CC(N)=O. The average Bonchev–Trinajstić information content (AvgIpc) is 2.34. The van der Waals surface area contributed by atoms with E-state index in [9.17, 15) is 4.79 Å². The fraction of sp³-hybridized carbons (Fsp3) is 0.857. The van der Waals surface area contributed by atoms with Gasteiger partial charge < -0.3 is 5.73 Å². The van der Waals surface area contributed by atoms with E-state index in [0.717, 1.165) is 12.8 Å². The van der Waals surface area contributed by atoms with Crippen LogP contribution in [0.25, 0.3) is 0 Å². The number of carbonyl (C=O) groups is 1. The summed E-state index contributed by atoms with van der Waals surface area (Å²) in [5.74, 6) is -0.328. The van der Waals surface area contributed by atoms with Crippen molar-refractivity contribution < 1.29 is 9.63 Å². The van der Waals surface area contributed by atoms with E-state index in [4.69, 9.17) is 10.6 Å². The van der Waals surface area contributed by atoms with Gasteiger partial charge in [0.05, 0.1) is 6.61 Å². The highest BCUT2D eigenvalue weighted by molar-refractivity contribution is 5.75. The van der Waals surface area contributed by atoms with Crippen LogP contribution in [0.1, 0.15) is 19.8 Å². The van der Waals surface area contributed by atoms with Crippen molar-refractivity contribution in [3.63, 3.8) is 0 Å². The Bertz CT molecular complexity index is 149. The summed E-state index contributed by atoms with van der Waals surface area (Å²) in [4.78, 5) is 15.7. The lowest BCUT2D eigenvalue weighted by Gasteiger charge is -2.18. The van der Waals surface area contributed by atoms with E-state index >= 15 is 0 Å². The van der Waals surface area contributed by atoms with E-state index in [1.165, 1.54) is 0 Å². The van der Waals surface area contributed by atoms with Crippen LogP contribution in [0.5, 0.6) is 0 Å². The van der Waals surface area contributed by atoms with Crippen molar-refractivity contribution in [3.05, 3.63) is 0 Å². The molecular weight excluding hydrogens is 144 g/mol. The zero-order chi connectivity index (χ0) is 8.27. The Balaban J connectivity index is 2.37. The summed E-state index contributed by atoms with van der Waals surface area (Å²) in [5.41, 5.74) is 5.03. The number of hydrogen-bond donors (Lipinski definition) is 1. The topological polar surface area (TPSA) is 55.6 Å². The second-order valence-electron chi connectivity index (χ2n) is 2.73. The molecular formula is C7H14N2O2. The zero-order valence-corrected chi connectivity index (χ0v) is 6.75. The first-order valence-electron chi connectivity index (χ1n) is 3.92. The molecule has 0 aromatic rings. The molecule has 0 aromatic heterocycles. The monoisotopic (exact) mass is 158 g/mol. The predicted molar refractivity (Wildman–Crippen MR) is 40.5 cm³/mol. The van der Waals surface area contributed by atoms with Gasteiger partial charge in [-0.2, -0.15) is 5.06 Å². The van der Waals surface area contributed by atoms with Crippen LogP contribution in [-0.4, -0.2) is 30.2 Å². The quantitative estimate of drug-likeness (QED) is 0.623. The number of rotatable bonds is 3. The van der Waals surface area contributed by atoms with Crippen molar-refractivity contribution in [1.29, 1.82) is 0 Å². The molecule has 1 aliphatic rings. The number of carbonyl (C=O) groups excluding carboxylic acids is 1. The van der Waals surface area contributed by atoms with Gasteiger partial charge in [0.15, 0.2) is 0 Å². The van der Waals surface area contributed by atoms with Gasteiger partial charge in [-0.1, -0.05) is 6.92 Å². The molecule has 1 atom stereocenters. The minimum absolute atomic E-state index is 0.221. The first-order valence-corrected chi connectivity index (χ1v) is 3.92. The number of nitrogens with two attached hydrogens (primary N) is 1. The van der Waals surface area contributed by atoms with Gasteiger partial charge in [0.1, 0.15) is 6.54 Å². The van der Waals surface area contributed by atoms with Crippen LogP contribution in [0.4, 0.5) is 0 Å². The van der Waals surface area contributed by atoms with E-state index in [1.54, 1.807) is 5.06 Å². The fourth-order valence-corrected chi connectivity index (χ4v) is 1.29. The van der Waals surface area contributed by atoms with Gasteiger partial charge in [0.25, 0.3) is 0 Å². The van der Waals surface area contributed by atoms with Crippen LogP contribution in [0, 0.1) is 0 Å². The Hall–Kier alpha value is -0.610. The van der Waals surface area contributed by atoms with E-state index in [1.807, 2.05) is 0 Å². The number of nitrogens with zero attached hydrogens (tertiary/aromatic N) is 1. The van der Waals surface area contributed by atoms with Gasteiger partial charge in [-0.3, -0.25) is 9.63 Å². The normalized spacial score (nSPS) is 25.7. The van der Waals surface area contributed by atoms with Gasteiger partial charge in [-0.25, -0.2) is 0 Å². The first-order chi connectivity index (χ1) is 5.24. The highest BCUT2D eigenvalue weighted by Crippen LogP contribution is 2.15. The third kappa shape index (κ3) is 2.17. The number of amides is 1. The molecule has 1 rings (SSSR count). The molecule has 4 nitrogen and oxygen atoms in total. The third-order valence-corrected chi connectivity index (χ3v) is 1.90. The average molecular weight is 158 g/mol. The van der Waals surface area contributed by atoms with Crippen LogP contribution < -0.4 is 5.73 Å². The number of hydroxylamine groups is 2. The van der Waals surface area contributed by atoms with Crippen LogP contribution in [0.2, 0.25) is 0 Å². The summed E-state index contributed by atoms with van der Waals surface area (Å²) in [6.07, 6.45) is 2.01. The van der Waals surface area contributed by atoms with Crippen LogP contribution >= 0.6 is 0 Å². The molecule has 0 spiro atoms. The Morgan fingerprint density at radius 3 is 3.09 bits per heavy atom. The lowest BCUT2D eigenvalue weighted by atomic mass is 10.2. The second kappa shape index (κ2) is 3.69. The predicted octanol–water partition coefficient (Wildman–Crippen LogP) is -0.112. The summed E-state index contributed by atoms with van der Waals surface area (Å²) in [6, 6.07) is 0.377. The minimum Gasteiger partial charge on any atom is -0.368 e. The van der Waals surface area contributed by atoms with Gasteiger partial charge >= 0.3 is 0 Å². The molecule has 64 valence electrons. The lowest BCUT2D eigenvalue weighted by molar-refractivity contribution is -0.149. The molecule has 1 amide bonds. The molecule has 0 bridgehead atoms. The van der Waals surface area contributed by atoms with Gasteiger partial charge in [-0.15, -0.1) is 0 Å². The smallest absolute Gasteiger partial charge is 0.234 e. The molecule has 4 heteroatoms. The van der Waals surface area contributed by atoms with E-state index in [0.29, 0.717) is 12.6 Å². The molecule has 2 N–H and O–H groups in total. The molecule has 1 fully saturated rings. The molecule has 0 aliphatic carbocycles. The molecule has 1 aliphatic heterocycles. The van der Waals surface area contributed by atoms with Crippen LogP contribution in [-0.2, 0) is 9.63 Å². The van der Waals surface area contributed by atoms with Crippen molar-refractivity contribution in [2.24, 2.45) is 5.73 Å². The Kier molecular flexibility index (Phi) is 2.84. The molecule has 1 heterocycles. The number of hydrogen-bond acceptors (Lipinski definition) is 3. The summed E-state index contributed by atoms with van der Waals surface area (Å²) in [5, 5.41) is 1.68.